The van der Waals surface area contributed by atoms with Crippen LogP contribution in [0, 0.1) is 0 Å². The Balaban J connectivity index is 2.34. The summed E-state index contributed by atoms with van der Waals surface area (Å²) < 4.78 is 0. The number of anilines is 1. The van der Waals surface area contributed by atoms with Gasteiger partial charge in [0.1, 0.15) is 0 Å². The lowest BCUT2D eigenvalue weighted by atomic mass is 10.1. The Hall–Kier alpha value is -2.68. The first-order chi connectivity index (χ1) is 9.61. The molecule has 2 rings (SSSR count). The summed E-state index contributed by atoms with van der Waals surface area (Å²) in [5, 5.41) is 0. The lowest BCUT2D eigenvalue weighted by Crippen LogP contribution is -2.35. The van der Waals surface area contributed by atoms with Gasteiger partial charge in [-0.15, -0.1) is 0 Å². The molecule has 2 aromatic rings. The average molecular weight is 265 g/mol. The molecule has 0 saturated heterocycles. The molecule has 20 heavy (non-hydrogen) atoms. The Morgan fingerprint density at radius 1 is 0.900 bits per heavy atom. The molecule has 2 aromatic carbocycles. The first-order valence-corrected chi connectivity index (χ1v) is 6.25. The summed E-state index contributed by atoms with van der Waals surface area (Å²) >= 11 is 0. The Morgan fingerprint density at radius 3 is 1.90 bits per heavy atom. The van der Waals surface area contributed by atoms with Crippen LogP contribution in [0.25, 0.3) is 5.57 Å². The first kappa shape index (κ1) is 13.7. The number of amides is 2. The molecule has 0 aromatic heterocycles. The maximum absolute atomic E-state index is 12.5. The highest BCUT2D eigenvalue weighted by Gasteiger charge is 2.23. The molecular weight excluding hydrogens is 250 g/mol. The molecule has 0 atom stereocenters. The molecular formula is C17H15NO2. The van der Waals surface area contributed by atoms with Crippen LogP contribution in [0.2, 0.25) is 0 Å². The second-order valence-corrected chi connectivity index (χ2v) is 4.34. The summed E-state index contributed by atoms with van der Waals surface area (Å²) in [5.41, 5.74) is 1.55. The third kappa shape index (κ3) is 2.83. The highest BCUT2D eigenvalue weighted by Crippen LogP contribution is 2.20. The van der Waals surface area contributed by atoms with Gasteiger partial charge in [-0.3, -0.25) is 9.59 Å². The smallest absolute Gasteiger partial charge is 0.265 e. The van der Waals surface area contributed by atoms with Crippen molar-refractivity contribution >= 4 is 23.1 Å². The fraction of sp³-hybridized carbons (Fsp3) is 0.0588. The van der Waals surface area contributed by atoms with Crippen molar-refractivity contribution in [3.05, 3.63) is 72.8 Å². The largest absolute Gasteiger partial charge is 0.274 e. The number of imide groups is 1. The third-order valence-electron chi connectivity index (χ3n) is 2.91. The number of carbonyl (C=O) groups is 2. The van der Waals surface area contributed by atoms with Crippen LogP contribution in [0.4, 0.5) is 5.69 Å². The van der Waals surface area contributed by atoms with Crippen molar-refractivity contribution in [3.8, 4) is 0 Å². The van der Waals surface area contributed by atoms with Crippen LogP contribution in [0.3, 0.4) is 0 Å². The van der Waals surface area contributed by atoms with Crippen LogP contribution in [-0.2, 0) is 9.59 Å². The number of rotatable bonds is 3. The van der Waals surface area contributed by atoms with Crippen LogP contribution < -0.4 is 4.90 Å². The van der Waals surface area contributed by atoms with E-state index in [0.29, 0.717) is 16.8 Å². The normalized spacial score (nSPS) is 9.85. The summed E-state index contributed by atoms with van der Waals surface area (Å²) in [6.45, 7) is 5.17. The van der Waals surface area contributed by atoms with Gasteiger partial charge < -0.3 is 0 Å². The number of hydrogen-bond donors (Lipinski definition) is 0. The van der Waals surface area contributed by atoms with Crippen molar-refractivity contribution < 1.29 is 9.59 Å². The van der Waals surface area contributed by atoms with Crippen molar-refractivity contribution in [2.75, 3.05) is 4.90 Å². The quantitative estimate of drug-likeness (QED) is 0.799. The molecule has 100 valence electrons. The maximum Gasteiger partial charge on any atom is 0.265 e. The number of benzene rings is 2. The lowest BCUT2D eigenvalue weighted by Gasteiger charge is -2.20. The highest BCUT2D eigenvalue weighted by atomic mass is 16.2. The fourth-order valence-electron chi connectivity index (χ4n) is 1.92. The molecule has 0 N–H and O–H groups in total. The van der Waals surface area contributed by atoms with Crippen molar-refractivity contribution in [2.45, 2.75) is 6.92 Å². The molecule has 3 heteroatoms. The van der Waals surface area contributed by atoms with E-state index < -0.39 is 5.91 Å². The van der Waals surface area contributed by atoms with E-state index in [0.717, 1.165) is 4.90 Å². The van der Waals surface area contributed by atoms with Gasteiger partial charge >= 0.3 is 0 Å². The van der Waals surface area contributed by atoms with Gasteiger partial charge in [-0.1, -0.05) is 55.1 Å². The minimum atomic E-state index is -0.407. The van der Waals surface area contributed by atoms with Crippen LogP contribution in [0.5, 0.6) is 0 Å². The molecule has 0 heterocycles. The van der Waals surface area contributed by atoms with Crippen molar-refractivity contribution in [2.24, 2.45) is 0 Å². The van der Waals surface area contributed by atoms with E-state index >= 15 is 0 Å². The Kier molecular flexibility index (Phi) is 4.11. The van der Waals surface area contributed by atoms with Gasteiger partial charge in [-0.2, -0.15) is 0 Å². The second kappa shape index (κ2) is 5.97. The van der Waals surface area contributed by atoms with Crippen LogP contribution >= 0.6 is 0 Å². The summed E-state index contributed by atoms with van der Waals surface area (Å²) in [7, 11) is 0. The van der Waals surface area contributed by atoms with Crippen molar-refractivity contribution in [1.82, 2.24) is 0 Å². The van der Waals surface area contributed by atoms with Gasteiger partial charge in [-0.25, -0.2) is 4.90 Å². The summed E-state index contributed by atoms with van der Waals surface area (Å²) in [6.07, 6.45) is 0. The van der Waals surface area contributed by atoms with E-state index in [4.69, 9.17) is 0 Å². The van der Waals surface area contributed by atoms with E-state index in [9.17, 15) is 9.59 Å². The maximum atomic E-state index is 12.5. The second-order valence-electron chi connectivity index (χ2n) is 4.34. The zero-order valence-electron chi connectivity index (χ0n) is 11.2. The molecule has 0 aliphatic rings. The molecule has 0 radical (unpaired) electrons. The van der Waals surface area contributed by atoms with E-state index in [1.54, 1.807) is 36.4 Å². The van der Waals surface area contributed by atoms with Crippen molar-refractivity contribution in [3.63, 3.8) is 0 Å². The Labute approximate surface area is 118 Å². The number of hydrogen-bond acceptors (Lipinski definition) is 2. The highest BCUT2D eigenvalue weighted by molar-refractivity contribution is 6.33. The SMILES string of the molecule is C=C(C(=O)N(C(C)=O)c1ccccc1)c1ccccc1. The van der Waals surface area contributed by atoms with Gasteiger partial charge in [0.25, 0.3) is 5.91 Å². The Bertz CT molecular complexity index is 633. The standard InChI is InChI=1S/C17H15NO2/c1-13(15-9-5-3-6-10-15)17(20)18(14(2)19)16-11-7-4-8-12-16/h3-12H,1H2,2H3. The Morgan fingerprint density at radius 2 is 1.40 bits per heavy atom. The van der Waals surface area contributed by atoms with Crippen LogP contribution in [0.15, 0.2) is 67.2 Å². The van der Waals surface area contributed by atoms with Gasteiger partial charge in [0.05, 0.1) is 5.69 Å². The molecule has 0 aliphatic carbocycles. The predicted molar refractivity (Wildman–Crippen MR) is 80.1 cm³/mol. The minimum Gasteiger partial charge on any atom is -0.274 e. The van der Waals surface area contributed by atoms with Crippen molar-refractivity contribution in [1.29, 1.82) is 0 Å². The topological polar surface area (TPSA) is 37.4 Å². The van der Waals surface area contributed by atoms with Gasteiger partial charge in [0, 0.05) is 12.5 Å². The van der Waals surface area contributed by atoms with Crippen LogP contribution in [-0.4, -0.2) is 11.8 Å². The van der Waals surface area contributed by atoms with E-state index in [1.807, 2.05) is 24.3 Å². The summed E-state index contributed by atoms with van der Waals surface area (Å²) in [5.74, 6) is -0.742. The molecule has 2 amide bonds. The summed E-state index contributed by atoms with van der Waals surface area (Å²) in [4.78, 5) is 25.4. The molecule has 0 fully saturated rings. The molecule has 0 saturated carbocycles. The van der Waals surface area contributed by atoms with Gasteiger partial charge in [0.15, 0.2) is 0 Å². The lowest BCUT2D eigenvalue weighted by molar-refractivity contribution is -0.122. The monoisotopic (exact) mass is 265 g/mol. The van der Waals surface area contributed by atoms with Gasteiger partial charge in [0.2, 0.25) is 5.91 Å². The number of carbonyl (C=O) groups excluding carboxylic acids is 2. The first-order valence-electron chi connectivity index (χ1n) is 6.25. The van der Waals surface area contributed by atoms with E-state index in [-0.39, 0.29) is 5.91 Å². The molecule has 0 unspecified atom stereocenters. The third-order valence-corrected chi connectivity index (χ3v) is 2.91. The molecule has 0 aliphatic heterocycles. The molecule has 3 nitrogen and oxygen atoms in total. The average Bonchev–Trinajstić information content (AvgIpc) is 2.48. The van der Waals surface area contributed by atoms with E-state index in [2.05, 4.69) is 6.58 Å². The minimum absolute atomic E-state index is 0.296. The van der Waals surface area contributed by atoms with Crippen LogP contribution in [0.1, 0.15) is 12.5 Å². The zero-order chi connectivity index (χ0) is 14.5. The fourth-order valence-corrected chi connectivity index (χ4v) is 1.92. The zero-order valence-corrected chi connectivity index (χ0v) is 11.2. The predicted octanol–water partition coefficient (Wildman–Crippen LogP) is 3.28. The van der Waals surface area contributed by atoms with E-state index in [1.165, 1.54) is 6.92 Å². The number of para-hydroxylation sites is 1. The number of nitrogens with zero attached hydrogens (tertiary/aromatic N) is 1. The molecule has 0 bridgehead atoms. The van der Waals surface area contributed by atoms with Gasteiger partial charge in [-0.05, 0) is 17.7 Å². The summed E-state index contributed by atoms with van der Waals surface area (Å²) in [6, 6.07) is 17.9. The molecule has 0 spiro atoms.